The molecule has 1 aromatic carbocycles. The lowest BCUT2D eigenvalue weighted by Crippen LogP contribution is -2.51. The maximum absolute atomic E-state index is 12.8. The zero-order chi connectivity index (χ0) is 27.4. The van der Waals surface area contributed by atoms with Gasteiger partial charge in [0.15, 0.2) is 0 Å². The number of rotatable bonds is 11. The van der Waals surface area contributed by atoms with Crippen molar-refractivity contribution in [3.8, 4) is 0 Å². The van der Waals surface area contributed by atoms with E-state index in [1.54, 1.807) is 41.5 Å². The summed E-state index contributed by atoms with van der Waals surface area (Å²) in [5.41, 5.74) is 4.96. The number of carbonyl (C=O) groups is 4. The Morgan fingerprint density at radius 3 is 2.03 bits per heavy atom. The van der Waals surface area contributed by atoms with E-state index in [9.17, 15) is 19.2 Å². The fraction of sp³-hybridized carbons (Fsp3) is 0.600. The van der Waals surface area contributed by atoms with Crippen LogP contribution in [-0.4, -0.2) is 66.0 Å². The maximum atomic E-state index is 12.8. The van der Waals surface area contributed by atoms with Gasteiger partial charge in [0, 0.05) is 19.6 Å². The van der Waals surface area contributed by atoms with E-state index >= 15 is 0 Å². The van der Waals surface area contributed by atoms with Crippen LogP contribution in [0, 0.1) is 0 Å². The molecule has 1 atom stereocenters. The summed E-state index contributed by atoms with van der Waals surface area (Å²) in [5, 5.41) is 5.17. The van der Waals surface area contributed by atoms with Crippen molar-refractivity contribution in [2.75, 3.05) is 19.6 Å². The number of amides is 4. The SMILES string of the molecule is CC(C)(C)OC(=O)NCCC(C(N)=O)N(CCCNC(=O)OCc1ccccc1)C(=O)OC(C)(C)C. The van der Waals surface area contributed by atoms with Crippen LogP contribution < -0.4 is 16.4 Å². The molecule has 0 heterocycles. The number of ether oxygens (including phenoxy) is 3. The summed E-state index contributed by atoms with van der Waals surface area (Å²) in [7, 11) is 0. The number of nitrogens with zero attached hydrogens (tertiary/aromatic N) is 1. The van der Waals surface area contributed by atoms with Gasteiger partial charge in [0.1, 0.15) is 23.9 Å². The van der Waals surface area contributed by atoms with Gasteiger partial charge in [0.2, 0.25) is 5.91 Å². The van der Waals surface area contributed by atoms with E-state index in [0.717, 1.165) is 5.56 Å². The third-order valence-electron chi connectivity index (χ3n) is 4.48. The van der Waals surface area contributed by atoms with Gasteiger partial charge in [-0.1, -0.05) is 30.3 Å². The summed E-state index contributed by atoms with van der Waals surface area (Å²) in [6.45, 7) is 10.8. The van der Waals surface area contributed by atoms with Crippen LogP contribution in [0.5, 0.6) is 0 Å². The van der Waals surface area contributed by atoms with Crippen molar-refractivity contribution < 1.29 is 33.4 Å². The number of nitrogens with two attached hydrogens (primary N) is 1. The molecule has 202 valence electrons. The van der Waals surface area contributed by atoms with E-state index in [1.807, 2.05) is 30.3 Å². The average molecular weight is 509 g/mol. The van der Waals surface area contributed by atoms with Gasteiger partial charge >= 0.3 is 18.3 Å². The van der Waals surface area contributed by atoms with Gasteiger partial charge in [-0.15, -0.1) is 0 Å². The number of nitrogens with one attached hydrogen (secondary N) is 2. The van der Waals surface area contributed by atoms with Crippen molar-refractivity contribution in [2.24, 2.45) is 5.73 Å². The van der Waals surface area contributed by atoms with Gasteiger partial charge in [-0.05, 0) is 59.9 Å². The first kappa shape index (κ1) is 30.5. The molecular weight excluding hydrogens is 468 g/mol. The fourth-order valence-electron chi connectivity index (χ4n) is 2.99. The standard InChI is InChI=1S/C25H40N4O7/c1-24(2,3)35-22(32)28-15-13-19(20(26)30)29(23(33)36-25(4,5)6)16-10-14-27-21(31)34-17-18-11-8-7-9-12-18/h7-9,11-12,19H,10,13-17H2,1-6H3,(H2,26,30)(H,27,31)(H,28,32). The van der Waals surface area contributed by atoms with Crippen molar-refractivity contribution in [2.45, 2.75) is 78.2 Å². The summed E-state index contributed by atoms with van der Waals surface area (Å²) in [6.07, 6.45) is -1.61. The molecular formula is C25H40N4O7. The first-order chi connectivity index (χ1) is 16.7. The smallest absolute Gasteiger partial charge is 0.410 e. The van der Waals surface area contributed by atoms with Crippen molar-refractivity contribution in [3.63, 3.8) is 0 Å². The Morgan fingerprint density at radius 2 is 1.47 bits per heavy atom. The van der Waals surface area contributed by atoms with Crippen LogP contribution >= 0.6 is 0 Å². The minimum atomic E-state index is -1.04. The molecule has 0 spiro atoms. The molecule has 4 N–H and O–H groups in total. The highest BCUT2D eigenvalue weighted by Crippen LogP contribution is 2.14. The molecule has 1 aromatic rings. The highest BCUT2D eigenvalue weighted by atomic mass is 16.6. The number of alkyl carbamates (subject to hydrolysis) is 2. The van der Waals surface area contributed by atoms with E-state index in [-0.39, 0.29) is 32.7 Å². The molecule has 0 radical (unpaired) electrons. The predicted molar refractivity (Wildman–Crippen MR) is 134 cm³/mol. The van der Waals surface area contributed by atoms with E-state index in [0.29, 0.717) is 6.42 Å². The Morgan fingerprint density at radius 1 is 0.889 bits per heavy atom. The largest absolute Gasteiger partial charge is 0.445 e. The van der Waals surface area contributed by atoms with Crippen LogP contribution in [0.15, 0.2) is 30.3 Å². The highest BCUT2D eigenvalue weighted by molar-refractivity contribution is 5.84. The molecule has 11 nitrogen and oxygen atoms in total. The lowest BCUT2D eigenvalue weighted by Gasteiger charge is -2.32. The number of hydrogen-bond acceptors (Lipinski definition) is 7. The maximum Gasteiger partial charge on any atom is 0.410 e. The zero-order valence-electron chi connectivity index (χ0n) is 22.1. The van der Waals surface area contributed by atoms with Gasteiger partial charge < -0.3 is 30.6 Å². The van der Waals surface area contributed by atoms with Gasteiger partial charge in [-0.3, -0.25) is 9.69 Å². The highest BCUT2D eigenvalue weighted by Gasteiger charge is 2.31. The molecule has 0 fully saturated rings. The third-order valence-corrected chi connectivity index (χ3v) is 4.48. The van der Waals surface area contributed by atoms with Crippen LogP contribution in [0.1, 0.15) is 59.9 Å². The molecule has 0 aliphatic heterocycles. The average Bonchev–Trinajstić information content (AvgIpc) is 2.74. The van der Waals surface area contributed by atoms with Crippen molar-refractivity contribution in [3.05, 3.63) is 35.9 Å². The molecule has 0 aliphatic rings. The molecule has 0 aromatic heterocycles. The second-order valence-corrected chi connectivity index (χ2v) is 10.2. The molecule has 0 saturated heterocycles. The minimum absolute atomic E-state index is 0.0475. The van der Waals surface area contributed by atoms with Gasteiger partial charge in [-0.25, -0.2) is 14.4 Å². The number of primary amides is 1. The first-order valence-corrected chi connectivity index (χ1v) is 11.9. The van der Waals surface area contributed by atoms with Crippen LogP contribution in [0.25, 0.3) is 0 Å². The van der Waals surface area contributed by atoms with Gasteiger partial charge in [0.05, 0.1) is 0 Å². The Labute approximate surface area is 213 Å². The monoisotopic (exact) mass is 508 g/mol. The first-order valence-electron chi connectivity index (χ1n) is 11.9. The van der Waals surface area contributed by atoms with Gasteiger partial charge in [0.25, 0.3) is 0 Å². The normalized spacial score (nSPS) is 12.2. The Kier molecular flexibility index (Phi) is 12.0. The van der Waals surface area contributed by atoms with Crippen LogP contribution in [0.2, 0.25) is 0 Å². The van der Waals surface area contributed by atoms with E-state index in [1.165, 1.54) is 4.90 Å². The molecule has 0 aliphatic carbocycles. The lowest BCUT2D eigenvalue weighted by molar-refractivity contribution is -0.123. The summed E-state index contributed by atoms with van der Waals surface area (Å²) < 4.78 is 15.8. The third kappa shape index (κ3) is 13.4. The summed E-state index contributed by atoms with van der Waals surface area (Å²) >= 11 is 0. The number of benzene rings is 1. The Bertz CT molecular complexity index is 863. The molecule has 1 unspecified atom stereocenters. The Balaban J connectivity index is 2.68. The molecule has 36 heavy (non-hydrogen) atoms. The van der Waals surface area contributed by atoms with Crippen molar-refractivity contribution in [1.82, 2.24) is 15.5 Å². The molecule has 1 rings (SSSR count). The van der Waals surface area contributed by atoms with Gasteiger partial charge in [-0.2, -0.15) is 0 Å². The second-order valence-electron chi connectivity index (χ2n) is 10.2. The van der Waals surface area contributed by atoms with Crippen molar-refractivity contribution in [1.29, 1.82) is 0 Å². The lowest BCUT2D eigenvalue weighted by atomic mass is 10.1. The Hall–Kier alpha value is -3.50. The quantitative estimate of drug-likeness (QED) is 0.307. The number of hydrogen-bond donors (Lipinski definition) is 3. The molecule has 4 amide bonds. The van der Waals surface area contributed by atoms with Crippen LogP contribution in [-0.2, 0) is 25.6 Å². The molecule has 0 bridgehead atoms. The fourth-order valence-corrected chi connectivity index (χ4v) is 2.99. The summed E-state index contributed by atoms with van der Waals surface area (Å²) in [6, 6.07) is 8.20. The zero-order valence-corrected chi connectivity index (χ0v) is 22.1. The summed E-state index contributed by atoms with van der Waals surface area (Å²) in [5.74, 6) is -0.748. The summed E-state index contributed by atoms with van der Waals surface area (Å²) in [4.78, 5) is 50.2. The molecule has 11 heteroatoms. The topological polar surface area (TPSA) is 149 Å². The second kappa shape index (κ2) is 14.2. The van der Waals surface area contributed by atoms with E-state index in [2.05, 4.69) is 10.6 Å². The van der Waals surface area contributed by atoms with Crippen molar-refractivity contribution >= 4 is 24.2 Å². The van der Waals surface area contributed by atoms with Crippen LogP contribution in [0.4, 0.5) is 14.4 Å². The van der Waals surface area contributed by atoms with E-state index in [4.69, 9.17) is 19.9 Å². The van der Waals surface area contributed by atoms with Crippen LogP contribution in [0.3, 0.4) is 0 Å². The minimum Gasteiger partial charge on any atom is -0.445 e. The number of carbonyl (C=O) groups excluding carboxylic acids is 4. The van der Waals surface area contributed by atoms with E-state index < -0.39 is 41.4 Å². The predicted octanol–water partition coefficient (Wildman–Crippen LogP) is 3.31. The molecule has 0 saturated carbocycles.